The van der Waals surface area contributed by atoms with E-state index in [2.05, 4.69) is 10.6 Å². The summed E-state index contributed by atoms with van der Waals surface area (Å²) in [6, 6.07) is 12.3. The Morgan fingerprint density at radius 1 is 1.00 bits per heavy atom. The Kier molecular flexibility index (Phi) is 7.05. The summed E-state index contributed by atoms with van der Waals surface area (Å²) >= 11 is 12.3. The molecule has 2 aromatic carbocycles. The molecule has 2 aromatic rings. The first-order chi connectivity index (χ1) is 15.8. The first-order valence-electron chi connectivity index (χ1n) is 11.0. The van der Waals surface area contributed by atoms with Gasteiger partial charge < -0.3 is 10.6 Å². The normalized spacial score (nSPS) is 17.0. The van der Waals surface area contributed by atoms with E-state index in [1.165, 1.54) is 4.90 Å². The molecule has 6 nitrogen and oxygen atoms in total. The lowest BCUT2D eigenvalue weighted by molar-refractivity contribution is -0.140. The summed E-state index contributed by atoms with van der Waals surface area (Å²) in [6.07, 6.45) is 4.81. The van der Waals surface area contributed by atoms with Crippen LogP contribution in [0.15, 0.2) is 53.2 Å². The molecule has 0 atom stereocenters. The fourth-order valence-electron chi connectivity index (χ4n) is 4.18. The molecule has 4 rings (SSSR count). The van der Waals surface area contributed by atoms with E-state index in [4.69, 9.17) is 23.2 Å². The van der Waals surface area contributed by atoms with Gasteiger partial charge in [0.25, 0.3) is 17.7 Å². The van der Waals surface area contributed by atoms with Crippen LogP contribution in [0.1, 0.15) is 53.6 Å². The van der Waals surface area contributed by atoms with Crippen LogP contribution in [0.3, 0.4) is 0 Å². The van der Waals surface area contributed by atoms with Crippen LogP contribution >= 0.6 is 23.2 Å². The topological polar surface area (TPSA) is 78.5 Å². The van der Waals surface area contributed by atoms with E-state index in [0.717, 1.165) is 43.2 Å². The Morgan fingerprint density at radius 2 is 1.70 bits per heavy atom. The monoisotopic (exact) mass is 485 g/mol. The summed E-state index contributed by atoms with van der Waals surface area (Å²) in [5.41, 5.74) is 3.03. The van der Waals surface area contributed by atoms with Gasteiger partial charge in [0.15, 0.2) is 0 Å². The van der Waals surface area contributed by atoms with Gasteiger partial charge >= 0.3 is 0 Å². The van der Waals surface area contributed by atoms with Crippen molar-refractivity contribution in [2.45, 2.75) is 51.6 Å². The van der Waals surface area contributed by atoms with Gasteiger partial charge in [-0.1, -0.05) is 60.7 Å². The molecule has 1 aliphatic heterocycles. The Morgan fingerprint density at radius 3 is 2.36 bits per heavy atom. The Hall–Kier alpha value is -2.83. The van der Waals surface area contributed by atoms with Crippen molar-refractivity contribution in [3.8, 4) is 0 Å². The average molecular weight is 486 g/mol. The number of anilines is 1. The highest BCUT2D eigenvalue weighted by atomic mass is 35.5. The first kappa shape index (κ1) is 23.3. The van der Waals surface area contributed by atoms with Crippen molar-refractivity contribution in [1.82, 2.24) is 10.2 Å². The lowest BCUT2D eigenvalue weighted by Crippen LogP contribution is -2.43. The summed E-state index contributed by atoms with van der Waals surface area (Å²) in [4.78, 5) is 39.2. The van der Waals surface area contributed by atoms with Crippen LogP contribution in [0.2, 0.25) is 5.02 Å². The second kappa shape index (κ2) is 9.98. The van der Waals surface area contributed by atoms with Crippen LogP contribution in [0.25, 0.3) is 0 Å². The summed E-state index contributed by atoms with van der Waals surface area (Å²) in [5, 5.41) is 6.37. The van der Waals surface area contributed by atoms with Gasteiger partial charge in [-0.3, -0.25) is 19.3 Å². The maximum Gasteiger partial charge on any atom is 0.278 e. The van der Waals surface area contributed by atoms with E-state index in [0.29, 0.717) is 22.8 Å². The van der Waals surface area contributed by atoms with Crippen LogP contribution in [0.4, 0.5) is 5.69 Å². The molecule has 0 aromatic heterocycles. The van der Waals surface area contributed by atoms with E-state index in [9.17, 15) is 14.4 Å². The third-order valence-corrected chi connectivity index (χ3v) is 6.87. The number of amides is 3. The van der Waals surface area contributed by atoms with E-state index in [-0.39, 0.29) is 28.6 Å². The number of aryl methyl sites for hydroxylation is 1. The molecule has 33 heavy (non-hydrogen) atoms. The van der Waals surface area contributed by atoms with Crippen LogP contribution in [-0.4, -0.2) is 28.7 Å². The molecule has 8 heteroatoms. The van der Waals surface area contributed by atoms with Crippen LogP contribution in [-0.2, 0) is 16.1 Å². The number of hydrogen-bond donors (Lipinski definition) is 2. The number of carbonyl (C=O) groups is 3. The van der Waals surface area contributed by atoms with Crippen LogP contribution in [0, 0.1) is 6.92 Å². The highest BCUT2D eigenvalue weighted by Gasteiger charge is 2.41. The fraction of sp³-hybridized carbons (Fsp3) is 0.320. The zero-order valence-corrected chi connectivity index (χ0v) is 19.8. The van der Waals surface area contributed by atoms with Gasteiger partial charge in [0, 0.05) is 28.9 Å². The summed E-state index contributed by atoms with van der Waals surface area (Å²) in [6.45, 7) is 2.20. The SMILES string of the molecule is Cc1ccc(NC(=O)c2ccc(CNC3=C(Cl)C(=O)N(C4CCCCC4)C3=O)cc2)cc1Cl. The van der Waals surface area contributed by atoms with Crippen LogP contribution < -0.4 is 10.6 Å². The zero-order valence-electron chi connectivity index (χ0n) is 18.3. The molecule has 2 aliphatic rings. The standard InChI is InChI=1S/C25H25Cl2N3O3/c1-15-7-12-18(13-20(15)26)29-23(31)17-10-8-16(9-11-17)14-28-22-21(27)24(32)30(25(22)33)19-5-3-2-4-6-19/h7-13,19,28H,2-6,14H2,1H3,(H,29,31). The largest absolute Gasteiger partial charge is 0.375 e. The highest BCUT2D eigenvalue weighted by molar-refractivity contribution is 6.47. The molecule has 0 unspecified atom stereocenters. The van der Waals surface area contributed by atoms with Gasteiger partial charge in [-0.25, -0.2) is 0 Å². The zero-order chi connectivity index (χ0) is 23.5. The number of carbonyl (C=O) groups excluding carboxylic acids is 3. The molecule has 1 fully saturated rings. The molecule has 0 radical (unpaired) electrons. The third kappa shape index (κ3) is 5.07. The van der Waals surface area contributed by atoms with Crippen molar-refractivity contribution < 1.29 is 14.4 Å². The molecular formula is C25H25Cl2N3O3. The van der Waals surface area contributed by atoms with E-state index >= 15 is 0 Å². The minimum absolute atomic E-state index is 0.0571. The van der Waals surface area contributed by atoms with Gasteiger partial charge in [0.05, 0.1) is 0 Å². The summed E-state index contributed by atoms with van der Waals surface area (Å²) in [7, 11) is 0. The minimum Gasteiger partial charge on any atom is -0.375 e. The van der Waals surface area contributed by atoms with Crippen molar-refractivity contribution in [3.05, 3.63) is 74.9 Å². The quantitative estimate of drug-likeness (QED) is 0.555. The molecule has 1 aliphatic carbocycles. The van der Waals surface area contributed by atoms with Crippen molar-refractivity contribution in [3.63, 3.8) is 0 Å². The van der Waals surface area contributed by atoms with Crippen molar-refractivity contribution in [1.29, 1.82) is 0 Å². The Labute approximate surface area is 202 Å². The van der Waals surface area contributed by atoms with E-state index < -0.39 is 5.91 Å². The second-order valence-electron chi connectivity index (χ2n) is 8.43. The van der Waals surface area contributed by atoms with E-state index in [1.54, 1.807) is 36.4 Å². The van der Waals surface area contributed by atoms with Gasteiger partial charge in [-0.2, -0.15) is 0 Å². The molecule has 3 amide bonds. The second-order valence-corrected chi connectivity index (χ2v) is 9.21. The molecular weight excluding hydrogens is 461 g/mol. The predicted octanol–water partition coefficient (Wildman–Crippen LogP) is 5.14. The van der Waals surface area contributed by atoms with Crippen LogP contribution in [0.5, 0.6) is 0 Å². The number of nitrogens with zero attached hydrogens (tertiary/aromatic N) is 1. The van der Waals surface area contributed by atoms with Gasteiger partial charge in [0.2, 0.25) is 0 Å². The van der Waals surface area contributed by atoms with Gasteiger partial charge in [0.1, 0.15) is 10.7 Å². The smallest absolute Gasteiger partial charge is 0.278 e. The first-order valence-corrected chi connectivity index (χ1v) is 11.8. The lowest BCUT2D eigenvalue weighted by atomic mass is 9.94. The fourth-order valence-corrected chi connectivity index (χ4v) is 4.60. The molecule has 1 heterocycles. The Balaban J connectivity index is 1.37. The third-order valence-electron chi connectivity index (χ3n) is 6.11. The number of hydrogen-bond acceptors (Lipinski definition) is 4. The van der Waals surface area contributed by atoms with Crippen molar-refractivity contribution >= 4 is 46.6 Å². The van der Waals surface area contributed by atoms with Gasteiger partial charge in [-0.15, -0.1) is 0 Å². The maximum atomic E-state index is 12.8. The molecule has 0 bridgehead atoms. The van der Waals surface area contributed by atoms with Gasteiger partial charge in [-0.05, 0) is 55.2 Å². The molecule has 0 spiro atoms. The van der Waals surface area contributed by atoms with Crippen molar-refractivity contribution in [2.24, 2.45) is 0 Å². The predicted molar refractivity (Wildman–Crippen MR) is 129 cm³/mol. The number of halogens is 2. The molecule has 1 saturated carbocycles. The minimum atomic E-state index is -0.417. The van der Waals surface area contributed by atoms with Crippen molar-refractivity contribution in [2.75, 3.05) is 5.32 Å². The van der Waals surface area contributed by atoms with E-state index in [1.807, 2.05) is 13.0 Å². The molecule has 172 valence electrons. The maximum absolute atomic E-state index is 12.8. The number of imide groups is 1. The average Bonchev–Trinajstić information content (AvgIpc) is 3.03. The lowest BCUT2D eigenvalue weighted by Gasteiger charge is -2.29. The molecule has 0 saturated heterocycles. The molecule has 2 N–H and O–H groups in total. The number of benzene rings is 2. The number of rotatable bonds is 6. The summed E-state index contributed by atoms with van der Waals surface area (Å²) in [5.74, 6) is -1.02. The summed E-state index contributed by atoms with van der Waals surface area (Å²) < 4.78 is 0. The highest BCUT2D eigenvalue weighted by Crippen LogP contribution is 2.30. The number of nitrogens with one attached hydrogen (secondary N) is 2. The Bertz CT molecular complexity index is 1120.